The smallest absolute Gasteiger partial charge is 0.286 e. The number of para-hydroxylation sites is 1. The van der Waals surface area contributed by atoms with Crippen LogP contribution in [0.4, 0.5) is 11.4 Å². The van der Waals surface area contributed by atoms with Crippen LogP contribution < -0.4 is 4.90 Å². The van der Waals surface area contributed by atoms with Gasteiger partial charge in [-0.25, -0.2) is 0 Å². The number of carbonyl (C=O) groups excluding carboxylic acids is 1. The predicted molar refractivity (Wildman–Crippen MR) is 139 cm³/mol. The van der Waals surface area contributed by atoms with Crippen LogP contribution in [0.2, 0.25) is 5.02 Å². The maximum atomic E-state index is 12.6. The van der Waals surface area contributed by atoms with E-state index < -0.39 is 4.92 Å². The van der Waals surface area contributed by atoms with Crippen molar-refractivity contribution in [3.8, 4) is 11.3 Å². The summed E-state index contributed by atoms with van der Waals surface area (Å²) in [5.74, 6) is 0.643. The molecule has 3 aromatic rings. The van der Waals surface area contributed by atoms with Gasteiger partial charge >= 0.3 is 0 Å². The molecule has 0 unspecified atom stereocenters. The Morgan fingerprint density at radius 2 is 1.83 bits per heavy atom. The maximum absolute atomic E-state index is 12.6. The Morgan fingerprint density at radius 1 is 1.09 bits per heavy atom. The van der Waals surface area contributed by atoms with Gasteiger partial charge in [-0.15, -0.1) is 0 Å². The first kappa shape index (κ1) is 23.2. The zero-order chi connectivity index (χ0) is 24.5. The topological polar surface area (TPSA) is 92.2 Å². The van der Waals surface area contributed by atoms with E-state index in [1.54, 1.807) is 24.3 Å². The molecule has 2 aliphatic heterocycles. The van der Waals surface area contributed by atoms with Crippen LogP contribution in [0, 0.1) is 17.0 Å². The van der Waals surface area contributed by atoms with E-state index in [0.717, 1.165) is 26.2 Å². The lowest BCUT2D eigenvalue weighted by molar-refractivity contribution is -0.384. The Hall–Kier alpha value is -3.56. The second kappa shape index (κ2) is 9.59. The highest BCUT2D eigenvalue weighted by molar-refractivity contribution is 8.18. The van der Waals surface area contributed by atoms with Gasteiger partial charge in [-0.1, -0.05) is 29.8 Å². The van der Waals surface area contributed by atoms with Crippen molar-refractivity contribution in [1.29, 1.82) is 0 Å². The van der Waals surface area contributed by atoms with Crippen LogP contribution in [0.25, 0.3) is 17.4 Å². The molecule has 2 aromatic carbocycles. The van der Waals surface area contributed by atoms with Gasteiger partial charge in [0.1, 0.15) is 11.5 Å². The Balaban J connectivity index is 1.25. The first-order valence-corrected chi connectivity index (χ1v) is 12.2. The molecule has 0 N–H and O–H groups in total. The zero-order valence-corrected chi connectivity index (χ0v) is 20.4. The van der Waals surface area contributed by atoms with Gasteiger partial charge in [0.15, 0.2) is 5.17 Å². The van der Waals surface area contributed by atoms with Gasteiger partial charge in [-0.3, -0.25) is 14.9 Å². The fourth-order valence-corrected chi connectivity index (χ4v) is 5.32. The Morgan fingerprint density at radius 3 is 2.54 bits per heavy atom. The highest BCUT2D eigenvalue weighted by Crippen LogP contribution is 2.35. The highest BCUT2D eigenvalue weighted by Gasteiger charge is 2.29. The molecule has 10 heteroatoms. The summed E-state index contributed by atoms with van der Waals surface area (Å²) in [6, 6.07) is 16.0. The quantitative estimate of drug-likeness (QED) is 0.257. The number of hydrogen-bond acceptors (Lipinski definition) is 7. The summed E-state index contributed by atoms with van der Waals surface area (Å²) in [7, 11) is 0. The van der Waals surface area contributed by atoms with Crippen LogP contribution in [0.5, 0.6) is 0 Å². The lowest BCUT2D eigenvalue weighted by Crippen LogP contribution is -2.48. The number of non-ortho nitro benzene ring substituents is 1. The monoisotopic (exact) mass is 508 g/mol. The standard InChI is InChI=1S/C25H21ClN4O4S/c1-16-4-2-3-5-21(16)28-10-12-29(13-11-28)25-27-24(31)23(35-25)15-18-7-9-22(34-18)19-8-6-17(30(32)33)14-20(19)26/h2-9,14-15H,10-13H2,1H3/b23-15-. The number of carbonyl (C=O) groups is 1. The molecule has 8 nitrogen and oxygen atoms in total. The number of hydrogen-bond donors (Lipinski definition) is 0. The van der Waals surface area contributed by atoms with Gasteiger partial charge in [0.05, 0.1) is 14.9 Å². The molecule has 0 saturated carbocycles. The molecule has 0 aliphatic carbocycles. The molecule has 178 valence electrons. The van der Waals surface area contributed by atoms with Crippen LogP contribution in [0.15, 0.2) is 68.9 Å². The lowest BCUT2D eigenvalue weighted by Gasteiger charge is -2.37. The van der Waals surface area contributed by atoms with Crippen LogP contribution in [0.3, 0.4) is 0 Å². The number of amides is 1. The lowest BCUT2D eigenvalue weighted by atomic mass is 10.1. The molecule has 3 heterocycles. The van der Waals surface area contributed by atoms with Crippen molar-refractivity contribution < 1.29 is 14.1 Å². The summed E-state index contributed by atoms with van der Waals surface area (Å²) in [6.07, 6.45) is 1.66. The number of rotatable bonds is 4. The van der Waals surface area contributed by atoms with Gasteiger partial charge in [-0.2, -0.15) is 4.99 Å². The van der Waals surface area contributed by atoms with Crippen LogP contribution in [-0.4, -0.2) is 47.1 Å². The molecular formula is C25H21ClN4O4S. The minimum absolute atomic E-state index is 0.0926. The third kappa shape index (κ3) is 4.82. The third-order valence-electron chi connectivity index (χ3n) is 5.94. The molecule has 0 bridgehead atoms. The first-order valence-electron chi connectivity index (χ1n) is 11.0. The second-order valence-corrected chi connectivity index (χ2v) is 9.61. The molecule has 5 rings (SSSR count). The number of halogens is 1. The van der Waals surface area contributed by atoms with Gasteiger partial charge in [0.2, 0.25) is 0 Å². The Kier molecular flexibility index (Phi) is 6.36. The molecule has 1 saturated heterocycles. The van der Waals surface area contributed by atoms with Gasteiger partial charge < -0.3 is 14.2 Å². The van der Waals surface area contributed by atoms with Crippen molar-refractivity contribution in [1.82, 2.24) is 4.90 Å². The van der Waals surface area contributed by atoms with Gasteiger partial charge in [0.25, 0.3) is 11.6 Å². The minimum atomic E-state index is -0.503. The Bertz CT molecular complexity index is 1380. The SMILES string of the molecule is Cc1ccccc1N1CCN(C2=NC(=O)/C(=C/c3ccc(-c4ccc([N+](=O)[O-])cc4Cl)o3)S2)CC1. The maximum Gasteiger partial charge on any atom is 0.286 e. The molecule has 2 aliphatic rings. The Labute approximate surface area is 211 Å². The summed E-state index contributed by atoms with van der Waals surface area (Å²) in [5, 5.41) is 11.9. The van der Waals surface area contributed by atoms with Crippen molar-refractivity contribution in [3.63, 3.8) is 0 Å². The van der Waals surface area contributed by atoms with E-state index >= 15 is 0 Å². The van der Waals surface area contributed by atoms with Crippen molar-refractivity contribution >= 4 is 51.9 Å². The van der Waals surface area contributed by atoms with Crippen molar-refractivity contribution in [2.45, 2.75) is 6.92 Å². The van der Waals surface area contributed by atoms with E-state index in [1.807, 2.05) is 6.07 Å². The number of aliphatic imine (C=N–C) groups is 1. The van der Waals surface area contributed by atoms with Crippen LogP contribution >= 0.6 is 23.4 Å². The molecule has 0 atom stereocenters. The molecule has 0 spiro atoms. The van der Waals surface area contributed by atoms with E-state index in [4.69, 9.17) is 16.0 Å². The number of furan rings is 1. The zero-order valence-electron chi connectivity index (χ0n) is 18.8. The van der Waals surface area contributed by atoms with Gasteiger partial charge in [0, 0.05) is 55.6 Å². The highest BCUT2D eigenvalue weighted by atomic mass is 35.5. The number of anilines is 1. The molecule has 1 aromatic heterocycles. The fourth-order valence-electron chi connectivity index (χ4n) is 4.11. The number of benzene rings is 2. The molecule has 35 heavy (non-hydrogen) atoms. The van der Waals surface area contributed by atoms with Crippen molar-refractivity contribution in [2.24, 2.45) is 4.99 Å². The molecule has 1 amide bonds. The molecule has 1 fully saturated rings. The summed E-state index contributed by atoms with van der Waals surface area (Å²) in [6.45, 7) is 5.39. The predicted octanol–water partition coefficient (Wildman–Crippen LogP) is 5.61. The number of nitrogens with zero attached hydrogens (tertiary/aromatic N) is 4. The summed E-state index contributed by atoms with van der Waals surface area (Å²) in [5.41, 5.74) is 2.94. The second-order valence-electron chi connectivity index (χ2n) is 8.19. The number of nitro groups is 1. The van der Waals surface area contributed by atoms with E-state index in [9.17, 15) is 14.9 Å². The number of aryl methyl sites for hydroxylation is 1. The summed E-state index contributed by atoms with van der Waals surface area (Å²) >= 11 is 7.55. The summed E-state index contributed by atoms with van der Waals surface area (Å²) < 4.78 is 5.85. The van der Waals surface area contributed by atoms with E-state index in [-0.39, 0.29) is 16.6 Å². The molecule has 0 radical (unpaired) electrons. The first-order chi connectivity index (χ1) is 16.9. The van der Waals surface area contributed by atoms with Crippen molar-refractivity contribution in [3.05, 3.63) is 86.0 Å². The van der Waals surface area contributed by atoms with Crippen LogP contribution in [-0.2, 0) is 4.79 Å². The summed E-state index contributed by atoms with van der Waals surface area (Å²) in [4.78, 5) is 32.2. The van der Waals surface area contributed by atoms with Crippen molar-refractivity contribution in [2.75, 3.05) is 31.1 Å². The minimum Gasteiger partial charge on any atom is -0.457 e. The molecular weight excluding hydrogens is 488 g/mol. The number of piperazine rings is 1. The largest absolute Gasteiger partial charge is 0.457 e. The number of amidine groups is 1. The van der Waals surface area contributed by atoms with Gasteiger partial charge in [-0.05, 0) is 48.5 Å². The normalized spacial score (nSPS) is 17.3. The third-order valence-corrected chi connectivity index (χ3v) is 7.30. The number of nitro benzene ring substituents is 1. The van der Waals surface area contributed by atoms with Crippen LogP contribution in [0.1, 0.15) is 11.3 Å². The average molecular weight is 509 g/mol. The van der Waals surface area contributed by atoms with E-state index in [2.05, 4.69) is 39.9 Å². The number of thioether (sulfide) groups is 1. The van der Waals surface area contributed by atoms with E-state index in [1.165, 1.54) is 35.1 Å². The fraction of sp³-hybridized carbons (Fsp3) is 0.200. The van der Waals surface area contributed by atoms with E-state index in [0.29, 0.717) is 27.2 Å². The average Bonchev–Trinajstić information content (AvgIpc) is 3.46.